The Morgan fingerprint density at radius 2 is 1.70 bits per heavy atom. The summed E-state index contributed by atoms with van der Waals surface area (Å²) in [5.41, 5.74) is 1.19. The van der Waals surface area contributed by atoms with Gasteiger partial charge in [0.1, 0.15) is 17.2 Å². The number of rotatable bonds is 6. The Bertz CT molecular complexity index is 561. The van der Waals surface area contributed by atoms with E-state index in [-0.39, 0.29) is 0 Å². The fraction of sp³-hybridized carbons (Fsp3) is 0.294. The fourth-order valence-corrected chi connectivity index (χ4v) is 2.06. The van der Waals surface area contributed by atoms with Crippen molar-refractivity contribution in [2.75, 3.05) is 7.11 Å². The van der Waals surface area contributed by atoms with Crippen LogP contribution in [0, 0.1) is 0 Å². The van der Waals surface area contributed by atoms with Gasteiger partial charge in [0.2, 0.25) is 0 Å². The summed E-state index contributed by atoms with van der Waals surface area (Å²) in [7, 11) is 1.66. The molecule has 1 fully saturated rings. The number of methoxy groups -OCH3 is 1. The van der Waals surface area contributed by atoms with E-state index in [1.165, 1.54) is 18.4 Å². The van der Waals surface area contributed by atoms with E-state index in [1.807, 2.05) is 42.5 Å². The summed E-state index contributed by atoms with van der Waals surface area (Å²) >= 11 is 0. The van der Waals surface area contributed by atoms with Gasteiger partial charge in [0.05, 0.1) is 7.11 Å². The van der Waals surface area contributed by atoms with Crippen LogP contribution in [0.15, 0.2) is 48.5 Å². The van der Waals surface area contributed by atoms with Crippen molar-refractivity contribution in [1.82, 2.24) is 5.32 Å². The number of para-hydroxylation sites is 1. The zero-order valence-electron chi connectivity index (χ0n) is 11.6. The first-order valence-corrected chi connectivity index (χ1v) is 6.98. The molecule has 0 saturated heterocycles. The highest BCUT2D eigenvalue weighted by molar-refractivity contribution is 5.39. The molecule has 0 aromatic heterocycles. The molecule has 2 aromatic carbocycles. The van der Waals surface area contributed by atoms with E-state index < -0.39 is 0 Å². The van der Waals surface area contributed by atoms with E-state index in [0.29, 0.717) is 6.04 Å². The van der Waals surface area contributed by atoms with Crippen LogP contribution in [0.25, 0.3) is 0 Å². The monoisotopic (exact) mass is 269 g/mol. The summed E-state index contributed by atoms with van der Waals surface area (Å²) in [5.74, 6) is 2.57. The lowest BCUT2D eigenvalue weighted by Crippen LogP contribution is -2.15. The minimum Gasteiger partial charge on any atom is -0.497 e. The summed E-state index contributed by atoms with van der Waals surface area (Å²) in [6, 6.07) is 16.5. The molecule has 0 bridgehead atoms. The molecule has 0 amide bonds. The van der Waals surface area contributed by atoms with Crippen molar-refractivity contribution in [3.8, 4) is 17.2 Å². The first kappa shape index (κ1) is 13.0. The topological polar surface area (TPSA) is 30.5 Å². The van der Waals surface area contributed by atoms with E-state index in [9.17, 15) is 0 Å². The van der Waals surface area contributed by atoms with Crippen molar-refractivity contribution in [2.45, 2.75) is 25.4 Å². The Labute approximate surface area is 119 Å². The third-order valence-electron chi connectivity index (χ3n) is 3.42. The number of benzene rings is 2. The van der Waals surface area contributed by atoms with Crippen LogP contribution in [0.1, 0.15) is 18.4 Å². The van der Waals surface area contributed by atoms with Crippen molar-refractivity contribution >= 4 is 0 Å². The van der Waals surface area contributed by atoms with Crippen LogP contribution in [0.3, 0.4) is 0 Å². The van der Waals surface area contributed by atoms with E-state index in [4.69, 9.17) is 9.47 Å². The van der Waals surface area contributed by atoms with Gasteiger partial charge >= 0.3 is 0 Å². The molecule has 1 aliphatic carbocycles. The van der Waals surface area contributed by atoms with E-state index in [0.717, 1.165) is 23.8 Å². The van der Waals surface area contributed by atoms with Crippen LogP contribution >= 0.6 is 0 Å². The fourth-order valence-electron chi connectivity index (χ4n) is 2.06. The molecule has 3 nitrogen and oxygen atoms in total. The lowest BCUT2D eigenvalue weighted by molar-refractivity contribution is 0.412. The highest BCUT2D eigenvalue weighted by Crippen LogP contribution is 2.27. The van der Waals surface area contributed by atoms with Gasteiger partial charge in [-0.25, -0.2) is 0 Å². The zero-order chi connectivity index (χ0) is 13.8. The maximum absolute atomic E-state index is 5.97. The molecule has 0 atom stereocenters. The highest BCUT2D eigenvalue weighted by Gasteiger charge is 2.20. The van der Waals surface area contributed by atoms with E-state index in [2.05, 4.69) is 11.4 Å². The first-order valence-electron chi connectivity index (χ1n) is 6.98. The molecular formula is C17H19NO2. The van der Waals surface area contributed by atoms with Crippen molar-refractivity contribution in [2.24, 2.45) is 0 Å². The largest absolute Gasteiger partial charge is 0.497 e. The summed E-state index contributed by atoms with van der Waals surface area (Å²) in [6.45, 7) is 0.858. The maximum atomic E-state index is 5.97. The molecule has 104 valence electrons. The molecular weight excluding hydrogens is 250 g/mol. The van der Waals surface area contributed by atoms with E-state index in [1.54, 1.807) is 7.11 Å². The molecule has 1 N–H and O–H groups in total. The highest BCUT2D eigenvalue weighted by atomic mass is 16.5. The molecule has 0 radical (unpaired) electrons. The van der Waals surface area contributed by atoms with Gasteiger partial charge in [0.15, 0.2) is 0 Å². The molecule has 0 unspecified atom stereocenters. The molecule has 20 heavy (non-hydrogen) atoms. The van der Waals surface area contributed by atoms with Gasteiger partial charge in [-0.1, -0.05) is 18.2 Å². The van der Waals surface area contributed by atoms with Crippen molar-refractivity contribution < 1.29 is 9.47 Å². The first-order chi connectivity index (χ1) is 9.85. The predicted molar refractivity (Wildman–Crippen MR) is 79.4 cm³/mol. The van der Waals surface area contributed by atoms with E-state index >= 15 is 0 Å². The van der Waals surface area contributed by atoms with Gasteiger partial charge in [-0.3, -0.25) is 0 Å². The SMILES string of the molecule is COc1ccc(Oc2ccccc2CNC2CC2)cc1. The van der Waals surface area contributed by atoms with Gasteiger partial charge in [0, 0.05) is 18.2 Å². The molecule has 0 spiro atoms. The summed E-state index contributed by atoms with van der Waals surface area (Å²) in [6.07, 6.45) is 2.59. The number of hydrogen-bond acceptors (Lipinski definition) is 3. The minimum absolute atomic E-state index is 0.698. The zero-order valence-corrected chi connectivity index (χ0v) is 11.6. The summed E-state index contributed by atoms with van der Waals surface area (Å²) in [4.78, 5) is 0. The number of hydrogen-bond donors (Lipinski definition) is 1. The Morgan fingerprint density at radius 1 is 1.00 bits per heavy atom. The molecule has 3 rings (SSSR count). The van der Waals surface area contributed by atoms with Crippen LogP contribution in [0.4, 0.5) is 0 Å². The smallest absolute Gasteiger partial charge is 0.131 e. The van der Waals surface area contributed by atoms with Gasteiger partial charge < -0.3 is 14.8 Å². The van der Waals surface area contributed by atoms with Gasteiger partial charge in [-0.05, 0) is 43.2 Å². The Kier molecular flexibility index (Phi) is 3.88. The van der Waals surface area contributed by atoms with Crippen molar-refractivity contribution in [1.29, 1.82) is 0 Å². The molecule has 1 aliphatic rings. The van der Waals surface area contributed by atoms with Crippen LogP contribution < -0.4 is 14.8 Å². The Balaban J connectivity index is 1.71. The van der Waals surface area contributed by atoms with Gasteiger partial charge in [-0.15, -0.1) is 0 Å². The molecule has 1 saturated carbocycles. The third-order valence-corrected chi connectivity index (χ3v) is 3.42. The van der Waals surface area contributed by atoms with Crippen LogP contribution in [0.2, 0.25) is 0 Å². The van der Waals surface area contributed by atoms with Crippen molar-refractivity contribution in [3.05, 3.63) is 54.1 Å². The summed E-state index contributed by atoms with van der Waals surface area (Å²) < 4.78 is 11.1. The number of ether oxygens (including phenoxy) is 2. The number of nitrogens with one attached hydrogen (secondary N) is 1. The second-order valence-electron chi connectivity index (χ2n) is 5.04. The second-order valence-corrected chi connectivity index (χ2v) is 5.04. The second kappa shape index (κ2) is 5.97. The molecule has 2 aromatic rings. The van der Waals surface area contributed by atoms with Crippen LogP contribution in [-0.4, -0.2) is 13.2 Å². The lowest BCUT2D eigenvalue weighted by Gasteiger charge is -2.12. The average molecular weight is 269 g/mol. The van der Waals surface area contributed by atoms with Crippen molar-refractivity contribution in [3.63, 3.8) is 0 Å². The standard InChI is InChI=1S/C17H19NO2/c1-19-15-8-10-16(11-9-15)20-17-5-3-2-4-13(17)12-18-14-6-7-14/h2-5,8-11,14,18H,6-7,12H2,1H3. The normalized spacial score (nSPS) is 14.1. The predicted octanol–water partition coefficient (Wildman–Crippen LogP) is 3.74. The van der Waals surface area contributed by atoms with Gasteiger partial charge in [0.25, 0.3) is 0 Å². The average Bonchev–Trinajstić information content (AvgIpc) is 3.31. The Morgan fingerprint density at radius 3 is 2.40 bits per heavy atom. The molecule has 3 heteroatoms. The maximum Gasteiger partial charge on any atom is 0.131 e. The quantitative estimate of drug-likeness (QED) is 0.866. The third kappa shape index (κ3) is 3.31. The van der Waals surface area contributed by atoms with Crippen LogP contribution in [-0.2, 0) is 6.54 Å². The van der Waals surface area contributed by atoms with Crippen LogP contribution in [0.5, 0.6) is 17.2 Å². The van der Waals surface area contributed by atoms with Gasteiger partial charge in [-0.2, -0.15) is 0 Å². The molecule has 0 heterocycles. The Hall–Kier alpha value is -2.00. The lowest BCUT2D eigenvalue weighted by atomic mass is 10.2. The minimum atomic E-state index is 0.698. The summed E-state index contributed by atoms with van der Waals surface area (Å²) in [5, 5.41) is 3.52. The molecule has 0 aliphatic heterocycles.